The van der Waals surface area contributed by atoms with Crippen molar-refractivity contribution in [3.05, 3.63) is 94.0 Å². The number of amides is 2. The Morgan fingerprint density at radius 1 is 1.13 bits per heavy atom. The van der Waals surface area contributed by atoms with Crippen LogP contribution in [0.3, 0.4) is 0 Å². The second kappa shape index (κ2) is 11.1. The second-order valence-corrected chi connectivity index (χ2v) is 9.72. The lowest BCUT2D eigenvalue weighted by Crippen LogP contribution is -2.40. The van der Waals surface area contributed by atoms with Gasteiger partial charge in [0.2, 0.25) is 11.9 Å². The van der Waals surface area contributed by atoms with E-state index in [9.17, 15) is 14.7 Å². The molecule has 5 rings (SSSR count). The van der Waals surface area contributed by atoms with Crippen LogP contribution in [0.5, 0.6) is 0 Å². The lowest BCUT2D eigenvalue weighted by Gasteiger charge is -2.20. The Kier molecular flexibility index (Phi) is 7.49. The first-order chi connectivity index (χ1) is 18.8. The molecule has 2 aromatic carbocycles. The van der Waals surface area contributed by atoms with Crippen molar-refractivity contribution in [2.24, 2.45) is 0 Å². The first-order valence-corrected chi connectivity index (χ1v) is 12.7. The number of aromatic nitrogens is 4. The highest BCUT2D eigenvalue weighted by atomic mass is 35.5. The summed E-state index contributed by atoms with van der Waals surface area (Å²) in [5, 5.41) is 16.0. The molecule has 0 spiro atoms. The average molecular weight is 544 g/mol. The number of nitrogens with one attached hydrogen (secondary N) is 2. The van der Waals surface area contributed by atoms with Crippen LogP contribution >= 0.6 is 11.6 Å². The Labute approximate surface area is 230 Å². The molecule has 1 aliphatic rings. The highest BCUT2D eigenvalue weighted by Gasteiger charge is 2.30. The monoisotopic (exact) mass is 543 g/mol. The molecule has 3 N–H and O–H groups in total. The van der Waals surface area contributed by atoms with Gasteiger partial charge in [-0.15, -0.1) is 0 Å². The van der Waals surface area contributed by atoms with Gasteiger partial charge in [0.05, 0.1) is 29.6 Å². The third-order valence-electron chi connectivity index (χ3n) is 6.35. The van der Waals surface area contributed by atoms with Crippen LogP contribution in [0.1, 0.15) is 38.8 Å². The molecule has 2 aromatic heterocycles. The molecule has 39 heavy (non-hydrogen) atoms. The van der Waals surface area contributed by atoms with Gasteiger partial charge in [-0.1, -0.05) is 53.6 Å². The van der Waals surface area contributed by atoms with Crippen molar-refractivity contribution in [3.8, 4) is 11.3 Å². The van der Waals surface area contributed by atoms with Gasteiger partial charge in [-0.2, -0.15) is 0 Å². The largest absolute Gasteiger partial charge is 0.394 e. The summed E-state index contributed by atoms with van der Waals surface area (Å²) < 4.78 is 0. The molecule has 0 saturated carbocycles. The summed E-state index contributed by atoms with van der Waals surface area (Å²) in [6.07, 6.45) is 2.93. The van der Waals surface area contributed by atoms with Gasteiger partial charge in [-0.05, 0) is 31.0 Å². The first-order valence-electron chi connectivity index (χ1n) is 12.3. The normalized spacial score (nSPS) is 13.2. The van der Waals surface area contributed by atoms with Crippen LogP contribution in [-0.4, -0.2) is 54.9 Å². The number of hydrogen-bond acceptors (Lipinski definition) is 8. The molecule has 0 aliphatic carbocycles. The molecule has 2 amide bonds. The zero-order valence-corrected chi connectivity index (χ0v) is 22.1. The molecule has 1 aliphatic heterocycles. The standard InChI is InChI=1S/C28H26ClN7O3/c1-16-4-3-5-18(8-16)23(14-37)33-25(38)13-36-12-20-7-6-19(10-21(20)27(36)39)26-22(29)11-30-28(35-26)34-24-9-17(2)31-15-32-24/h3-11,15,23,37H,12-14H2,1-2H3,(H,33,38)(H,30,31,32,34,35). The first kappa shape index (κ1) is 26.2. The quantitative estimate of drug-likeness (QED) is 0.306. The van der Waals surface area contributed by atoms with Crippen LogP contribution in [-0.2, 0) is 11.3 Å². The van der Waals surface area contributed by atoms with E-state index in [4.69, 9.17) is 11.6 Å². The molecule has 0 radical (unpaired) electrons. The smallest absolute Gasteiger partial charge is 0.254 e. The topological polar surface area (TPSA) is 133 Å². The highest BCUT2D eigenvalue weighted by Crippen LogP contribution is 2.31. The number of aryl methyl sites for hydroxylation is 2. The summed E-state index contributed by atoms with van der Waals surface area (Å²) in [5.74, 6) is 0.217. The Hall–Kier alpha value is -4.41. The van der Waals surface area contributed by atoms with Crippen LogP contribution < -0.4 is 10.6 Å². The van der Waals surface area contributed by atoms with Crippen molar-refractivity contribution >= 4 is 35.2 Å². The minimum atomic E-state index is -0.557. The third kappa shape index (κ3) is 5.87. The molecular weight excluding hydrogens is 518 g/mol. The fourth-order valence-corrected chi connectivity index (χ4v) is 4.64. The minimum absolute atomic E-state index is 0.133. The molecule has 4 aromatic rings. The zero-order valence-electron chi connectivity index (χ0n) is 21.3. The van der Waals surface area contributed by atoms with Crippen molar-refractivity contribution in [2.75, 3.05) is 18.5 Å². The SMILES string of the molecule is Cc1cccc(C(CO)NC(=O)CN2Cc3ccc(-c4nc(Nc5cc(C)ncn5)ncc4Cl)cc3C2=O)c1. The van der Waals surface area contributed by atoms with Crippen molar-refractivity contribution in [1.29, 1.82) is 0 Å². The number of halogens is 1. The third-order valence-corrected chi connectivity index (χ3v) is 6.62. The van der Waals surface area contributed by atoms with Gasteiger partial charge in [0, 0.05) is 29.4 Å². The van der Waals surface area contributed by atoms with E-state index in [-0.39, 0.29) is 25.0 Å². The number of aliphatic hydroxyl groups is 1. The number of carbonyl (C=O) groups excluding carboxylic acids is 2. The van der Waals surface area contributed by atoms with Gasteiger partial charge in [0.15, 0.2) is 0 Å². The van der Waals surface area contributed by atoms with Gasteiger partial charge < -0.3 is 20.6 Å². The van der Waals surface area contributed by atoms with E-state index in [1.165, 1.54) is 17.4 Å². The molecule has 0 saturated heterocycles. The Morgan fingerprint density at radius 3 is 2.74 bits per heavy atom. The van der Waals surface area contributed by atoms with Gasteiger partial charge in [-0.3, -0.25) is 9.59 Å². The molecule has 1 unspecified atom stereocenters. The number of fused-ring (bicyclic) bond motifs is 1. The van der Waals surface area contributed by atoms with Crippen LogP contribution in [0.25, 0.3) is 11.3 Å². The maximum absolute atomic E-state index is 13.2. The van der Waals surface area contributed by atoms with Crippen LogP contribution in [0.2, 0.25) is 5.02 Å². The van der Waals surface area contributed by atoms with Gasteiger partial charge >= 0.3 is 0 Å². The molecule has 10 nitrogen and oxygen atoms in total. The molecule has 11 heteroatoms. The number of anilines is 2. The summed E-state index contributed by atoms with van der Waals surface area (Å²) in [5.41, 5.74) is 4.99. The molecule has 0 bridgehead atoms. The molecule has 1 atom stereocenters. The maximum Gasteiger partial charge on any atom is 0.254 e. The van der Waals surface area contributed by atoms with Gasteiger partial charge in [0.25, 0.3) is 5.91 Å². The number of aliphatic hydroxyl groups excluding tert-OH is 1. The van der Waals surface area contributed by atoms with Crippen molar-refractivity contribution < 1.29 is 14.7 Å². The average Bonchev–Trinajstić information content (AvgIpc) is 3.22. The minimum Gasteiger partial charge on any atom is -0.394 e. The van der Waals surface area contributed by atoms with Gasteiger partial charge in [-0.25, -0.2) is 19.9 Å². The maximum atomic E-state index is 13.2. The number of benzene rings is 2. The predicted molar refractivity (Wildman–Crippen MR) is 146 cm³/mol. The van der Waals surface area contributed by atoms with Crippen molar-refractivity contribution in [3.63, 3.8) is 0 Å². The van der Waals surface area contributed by atoms with E-state index < -0.39 is 6.04 Å². The molecular formula is C28H26ClN7O3. The van der Waals surface area contributed by atoms with E-state index in [0.717, 1.165) is 22.4 Å². The Balaban J connectivity index is 1.30. The summed E-state index contributed by atoms with van der Waals surface area (Å²) in [6, 6.07) is 14.2. The van der Waals surface area contributed by atoms with Gasteiger partial charge in [0.1, 0.15) is 18.7 Å². The highest BCUT2D eigenvalue weighted by molar-refractivity contribution is 6.33. The summed E-state index contributed by atoms with van der Waals surface area (Å²) in [7, 11) is 0. The van der Waals surface area contributed by atoms with E-state index in [1.54, 1.807) is 12.1 Å². The molecule has 198 valence electrons. The number of hydrogen-bond donors (Lipinski definition) is 3. The van der Waals surface area contributed by atoms with Crippen LogP contribution in [0.15, 0.2) is 61.1 Å². The summed E-state index contributed by atoms with van der Waals surface area (Å²) in [4.78, 5) is 44.5. The molecule has 0 fully saturated rings. The van der Waals surface area contributed by atoms with Crippen LogP contribution in [0, 0.1) is 13.8 Å². The van der Waals surface area contributed by atoms with Crippen molar-refractivity contribution in [1.82, 2.24) is 30.2 Å². The Morgan fingerprint density at radius 2 is 1.97 bits per heavy atom. The predicted octanol–water partition coefficient (Wildman–Crippen LogP) is 3.75. The Bertz CT molecular complexity index is 1560. The van der Waals surface area contributed by atoms with Crippen molar-refractivity contribution in [2.45, 2.75) is 26.4 Å². The van der Waals surface area contributed by atoms with E-state index >= 15 is 0 Å². The fourth-order valence-electron chi connectivity index (χ4n) is 4.44. The van der Waals surface area contributed by atoms with E-state index in [1.807, 2.05) is 50.2 Å². The zero-order chi connectivity index (χ0) is 27.5. The molecule has 3 heterocycles. The number of rotatable bonds is 8. The lowest BCUT2D eigenvalue weighted by molar-refractivity contribution is -0.122. The summed E-state index contributed by atoms with van der Waals surface area (Å²) >= 11 is 6.42. The van der Waals surface area contributed by atoms with E-state index in [2.05, 4.69) is 30.6 Å². The van der Waals surface area contributed by atoms with E-state index in [0.29, 0.717) is 40.2 Å². The van der Waals surface area contributed by atoms with Crippen LogP contribution in [0.4, 0.5) is 11.8 Å². The summed E-state index contributed by atoms with van der Waals surface area (Å²) in [6.45, 7) is 3.71. The number of nitrogens with zero attached hydrogens (tertiary/aromatic N) is 5. The lowest BCUT2D eigenvalue weighted by atomic mass is 10.0. The number of carbonyl (C=O) groups is 2. The second-order valence-electron chi connectivity index (χ2n) is 9.31. The fraction of sp³-hybridized carbons (Fsp3) is 0.214.